The van der Waals surface area contributed by atoms with E-state index in [0.29, 0.717) is 0 Å². The van der Waals surface area contributed by atoms with Crippen molar-refractivity contribution in [3.05, 3.63) is 199 Å². The summed E-state index contributed by atoms with van der Waals surface area (Å²) in [4.78, 5) is 28.7. The van der Waals surface area contributed by atoms with E-state index in [-0.39, 0.29) is 0 Å². The predicted octanol–water partition coefficient (Wildman–Crippen LogP) is 10.4. The van der Waals surface area contributed by atoms with Crippen LogP contribution in [-0.4, -0.2) is 34.9 Å². The van der Waals surface area contributed by atoms with Crippen molar-refractivity contribution in [3.8, 4) is 45.0 Å². The molecule has 0 unspecified atom stereocenters. The Morgan fingerprint density at radius 1 is 0.288 bits per heavy atom. The Kier molecular flexibility index (Phi) is 13.7. The van der Waals surface area contributed by atoms with Crippen LogP contribution in [0.5, 0.6) is 0 Å². The van der Waals surface area contributed by atoms with Gasteiger partial charge in [0.1, 0.15) is 6.33 Å². The molecule has 4 aromatic heterocycles. The zero-order valence-corrected chi connectivity index (χ0v) is 29.9. The van der Waals surface area contributed by atoms with Crippen LogP contribution >= 0.6 is 0 Å². The van der Waals surface area contributed by atoms with Gasteiger partial charge in [0, 0.05) is 66.3 Å². The van der Waals surface area contributed by atoms with E-state index in [1.54, 1.807) is 12.4 Å². The van der Waals surface area contributed by atoms with Crippen LogP contribution in [0.4, 0.5) is 0 Å². The molecule has 0 fully saturated rings. The molecule has 0 saturated heterocycles. The Hall–Kier alpha value is -6.73. The van der Waals surface area contributed by atoms with Crippen LogP contribution in [0.1, 0.15) is 22.3 Å². The van der Waals surface area contributed by atoms with Crippen molar-refractivity contribution >= 4 is 0 Å². The van der Waals surface area contributed by atoms with E-state index in [4.69, 9.17) is 0 Å². The Bertz CT molecular complexity index is 1840. The highest BCUT2D eigenvalue weighted by molar-refractivity contribution is 5.63. The molecule has 4 aromatic carbocycles. The molecule has 0 atom stereocenters. The fraction of sp³-hybridized carbons (Fsp3) is 0.0889. The molecule has 0 amide bonds. The smallest absolute Gasteiger partial charge is 0.159 e. The van der Waals surface area contributed by atoms with Gasteiger partial charge in [-0.1, -0.05) is 120 Å². The fourth-order valence-electron chi connectivity index (χ4n) is 4.76. The first-order valence-corrected chi connectivity index (χ1v) is 16.9. The van der Waals surface area contributed by atoms with Crippen molar-refractivity contribution in [3.63, 3.8) is 0 Å². The largest absolute Gasteiger partial charge is 0.265 e. The molecule has 0 radical (unpaired) electrons. The van der Waals surface area contributed by atoms with Gasteiger partial charge in [-0.05, 0) is 68.1 Å². The SMILES string of the molecule is Cc1ccc(-c2ccncc2)cc1.Cc1ccc(-c2cncnc2)cc1.Cc1ccc(-c2ncccn2)cc1.Cc1cnc(-c2ccccc2)nc1. The van der Waals surface area contributed by atoms with E-state index in [1.165, 1.54) is 34.1 Å². The Morgan fingerprint density at radius 3 is 1.23 bits per heavy atom. The van der Waals surface area contributed by atoms with Gasteiger partial charge in [-0.25, -0.2) is 29.9 Å². The fourth-order valence-corrected chi connectivity index (χ4v) is 4.76. The van der Waals surface area contributed by atoms with Crippen molar-refractivity contribution < 1.29 is 0 Å². The molecular weight excluding hydrogens is 639 g/mol. The third kappa shape index (κ3) is 11.7. The van der Waals surface area contributed by atoms with Crippen LogP contribution < -0.4 is 0 Å². The number of benzene rings is 4. The molecule has 7 heteroatoms. The van der Waals surface area contributed by atoms with E-state index in [1.807, 2.05) is 105 Å². The molecule has 8 rings (SSSR count). The molecule has 4 heterocycles. The van der Waals surface area contributed by atoms with Gasteiger partial charge in [-0.15, -0.1) is 0 Å². The highest BCUT2D eigenvalue weighted by Gasteiger charge is 1.99. The maximum atomic E-state index is 4.24. The highest BCUT2D eigenvalue weighted by atomic mass is 14.9. The van der Waals surface area contributed by atoms with Crippen LogP contribution in [0, 0.1) is 27.7 Å². The monoisotopic (exact) mass is 679 g/mol. The molecule has 0 aliphatic carbocycles. The molecule has 0 bridgehead atoms. The lowest BCUT2D eigenvalue weighted by Crippen LogP contribution is -1.88. The lowest BCUT2D eigenvalue weighted by atomic mass is 10.1. The molecule has 0 aliphatic rings. The number of aromatic nitrogens is 7. The molecule has 0 N–H and O–H groups in total. The molecular formula is C45H41N7. The van der Waals surface area contributed by atoms with Gasteiger partial charge in [0.05, 0.1) is 0 Å². The van der Waals surface area contributed by atoms with Crippen LogP contribution in [0.15, 0.2) is 177 Å². The summed E-state index contributed by atoms with van der Waals surface area (Å²) in [6, 6.07) is 40.8. The van der Waals surface area contributed by atoms with Crippen molar-refractivity contribution in [2.24, 2.45) is 0 Å². The molecule has 0 spiro atoms. The molecule has 256 valence electrons. The minimum Gasteiger partial charge on any atom is -0.265 e. The van der Waals surface area contributed by atoms with Crippen LogP contribution in [0.25, 0.3) is 45.0 Å². The topological polar surface area (TPSA) is 90.2 Å². The Balaban J connectivity index is 0.000000134. The summed E-state index contributed by atoms with van der Waals surface area (Å²) in [7, 11) is 0. The Morgan fingerprint density at radius 2 is 0.712 bits per heavy atom. The van der Waals surface area contributed by atoms with Gasteiger partial charge in [0.25, 0.3) is 0 Å². The van der Waals surface area contributed by atoms with E-state index < -0.39 is 0 Å². The van der Waals surface area contributed by atoms with E-state index in [2.05, 4.69) is 116 Å². The van der Waals surface area contributed by atoms with Gasteiger partial charge in [0.2, 0.25) is 0 Å². The summed E-state index contributed by atoms with van der Waals surface area (Å²) >= 11 is 0. The van der Waals surface area contributed by atoms with E-state index in [9.17, 15) is 0 Å². The number of hydrogen-bond acceptors (Lipinski definition) is 7. The van der Waals surface area contributed by atoms with Gasteiger partial charge >= 0.3 is 0 Å². The lowest BCUT2D eigenvalue weighted by molar-refractivity contribution is 1.14. The first kappa shape index (κ1) is 36.5. The van der Waals surface area contributed by atoms with Gasteiger partial charge in [-0.2, -0.15) is 0 Å². The maximum Gasteiger partial charge on any atom is 0.159 e. The van der Waals surface area contributed by atoms with E-state index >= 15 is 0 Å². The predicted molar refractivity (Wildman–Crippen MR) is 211 cm³/mol. The van der Waals surface area contributed by atoms with Crippen molar-refractivity contribution in [2.75, 3.05) is 0 Å². The number of hydrogen-bond donors (Lipinski definition) is 0. The molecule has 52 heavy (non-hydrogen) atoms. The lowest BCUT2D eigenvalue weighted by Gasteiger charge is -2.00. The van der Waals surface area contributed by atoms with Crippen LogP contribution in [0.2, 0.25) is 0 Å². The summed E-state index contributed by atoms with van der Waals surface area (Å²) in [5, 5.41) is 0. The summed E-state index contributed by atoms with van der Waals surface area (Å²) in [6.45, 7) is 8.21. The quantitative estimate of drug-likeness (QED) is 0.183. The van der Waals surface area contributed by atoms with Gasteiger partial charge < -0.3 is 0 Å². The average Bonchev–Trinajstić information content (AvgIpc) is 3.21. The summed E-state index contributed by atoms with van der Waals surface area (Å²) in [6.07, 6.45) is 16.0. The van der Waals surface area contributed by atoms with Gasteiger partial charge in [0.15, 0.2) is 11.6 Å². The zero-order valence-electron chi connectivity index (χ0n) is 29.9. The van der Waals surface area contributed by atoms with Crippen LogP contribution in [-0.2, 0) is 0 Å². The molecule has 7 nitrogen and oxygen atoms in total. The first-order chi connectivity index (χ1) is 25.4. The second-order valence-electron chi connectivity index (χ2n) is 12.0. The molecule has 0 aliphatic heterocycles. The summed E-state index contributed by atoms with van der Waals surface area (Å²) < 4.78 is 0. The summed E-state index contributed by atoms with van der Waals surface area (Å²) in [5.41, 5.74) is 11.7. The molecule has 0 saturated carbocycles. The Labute approximate surface area is 306 Å². The van der Waals surface area contributed by atoms with Crippen molar-refractivity contribution in [1.82, 2.24) is 34.9 Å². The van der Waals surface area contributed by atoms with Gasteiger partial charge in [-0.3, -0.25) is 4.98 Å². The van der Waals surface area contributed by atoms with Crippen molar-refractivity contribution in [2.45, 2.75) is 27.7 Å². The minimum atomic E-state index is 0.780. The second-order valence-corrected chi connectivity index (χ2v) is 12.0. The average molecular weight is 680 g/mol. The highest BCUT2D eigenvalue weighted by Crippen LogP contribution is 2.19. The number of pyridine rings is 1. The number of aryl methyl sites for hydroxylation is 4. The summed E-state index contributed by atoms with van der Waals surface area (Å²) in [5.74, 6) is 1.56. The third-order valence-corrected chi connectivity index (χ3v) is 7.70. The number of nitrogens with zero attached hydrogens (tertiary/aromatic N) is 7. The molecule has 8 aromatic rings. The van der Waals surface area contributed by atoms with Crippen molar-refractivity contribution in [1.29, 1.82) is 0 Å². The minimum absolute atomic E-state index is 0.780. The normalized spacial score (nSPS) is 9.92. The standard InChI is InChI=1S/C12H11N.3C11H10N2/c1-10-2-4-11(5-3-10)12-6-8-13-9-7-12;1-9-3-5-10(6-4-9)11-12-7-2-8-13-11;1-9-2-4-10(5-3-9)11-6-12-8-13-7-11;1-9-7-12-11(13-8-9)10-5-3-2-4-6-10/h2-9H,1H3;3*2-8H,1H3. The second kappa shape index (κ2) is 19.5. The van der Waals surface area contributed by atoms with E-state index in [0.717, 1.165) is 39.5 Å². The third-order valence-electron chi connectivity index (χ3n) is 7.70. The maximum absolute atomic E-state index is 4.24. The first-order valence-electron chi connectivity index (χ1n) is 16.9. The zero-order chi connectivity index (χ0) is 36.4. The number of rotatable bonds is 4. The van der Waals surface area contributed by atoms with Crippen LogP contribution in [0.3, 0.4) is 0 Å².